The number of alkyl halides is 3. The molecule has 13 heteroatoms. The molecule has 0 saturated carbocycles. The number of nitro groups is 1. The first-order chi connectivity index (χ1) is 14.8. The van der Waals surface area contributed by atoms with Crippen LogP contribution in [0.3, 0.4) is 0 Å². The maximum atomic E-state index is 12.6. The van der Waals surface area contributed by atoms with Crippen LogP contribution in [0.2, 0.25) is 0 Å². The van der Waals surface area contributed by atoms with Crippen LogP contribution in [-0.4, -0.2) is 56.3 Å². The molecular formula is C19H23F3N4O4S2. The molecule has 2 aromatic carbocycles. The Bertz CT molecular complexity index is 1020. The first-order valence-electron chi connectivity index (χ1n) is 9.36. The number of benzene rings is 2. The highest BCUT2D eigenvalue weighted by Gasteiger charge is 2.29. The van der Waals surface area contributed by atoms with Crippen molar-refractivity contribution in [2.24, 2.45) is 5.14 Å². The SMILES string of the molecule is CN(CC[C@H](CSc1ccccc1)Nc1ccc(S(N)(=O)=O)cc1[N+](=O)[O-])CC(F)(F)F. The summed E-state index contributed by atoms with van der Waals surface area (Å²) in [5.41, 5.74) is -0.436. The number of hydrogen-bond donors (Lipinski definition) is 2. The predicted molar refractivity (Wildman–Crippen MR) is 117 cm³/mol. The van der Waals surface area contributed by atoms with Crippen LogP contribution in [0.25, 0.3) is 0 Å². The van der Waals surface area contributed by atoms with Crippen LogP contribution in [0.4, 0.5) is 24.5 Å². The van der Waals surface area contributed by atoms with E-state index in [-0.39, 0.29) is 18.7 Å². The van der Waals surface area contributed by atoms with Crippen LogP contribution in [-0.2, 0) is 10.0 Å². The summed E-state index contributed by atoms with van der Waals surface area (Å²) in [4.78, 5) is 12.4. The molecule has 0 amide bonds. The van der Waals surface area contributed by atoms with Crippen molar-refractivity contribution in [1.29, 1.82) is 0 Å². The molecule has 176 valence electrons. The number of nitro benzene ring substituents is 1. The minimum absolute atomic E-state index is 0.0551. The fraction of sp³-hybridized carbons (Fsp3) is 0.368. The number of thioether (sulfide) groups is 1. The number of sulfonamides is 1. The molecule has 0 fully saturated rings. The Balaban J connectivity index is 2.21. The summed E-state index contributed by atoms with van der Waals surface area (Å²) >= 11 is 1.45. The molecule has 0 aliphatic carbocycles. The Hall–Kier alpha value is -2.35. The number of nitrogens with two attached hydrogens (primary N) is 1. The van der Waals surface area contributed by atoms with E-state index < -0.39 is 44.3 Å². The molecular weight excluding hydrogens is 469 g/mol. The third-order valence-corrected chi connectivity index (χ3v) is 6.44. The van der Waals surface area contributed by atoms with E-state index in [0.29, 0.717) is 5.75 Å². The van der Waals surface area contributed by atoms with Gasteiger partial charge in [-0.15, -0.1) is 11.8 Å². The normalized spacial score (nSPS) is 13.2. The van der Waals surface area contributed by atoms with Gasteiger partial charge in [0.1, 0.15) is 5.69 Å². The lowest BCUT2D eigenvalue weighted by Crippen LogP contribution is -2.35. The Morgan fingerprint density at radius 2 is 1.88 bits per heavy atom. The molecule has 8 nitrogen and oxygen atoms in total. The summed E-state index contributed by atoms with van der Waals surface area (Å²) in [6.45, 7) is -0.982. The lowest BCUT2D eigenvalue weighted by Gasteiger charge is -2.24. The highest BCUT2D eigenvalue weighted by molar-refractivity contribution is 7.99. The van der Waals surface area contributed by atoms with Crippen LogP contribution in [0.5, 0.6) is 0 Å². The molecule has 0 radical (unpaired) electrons. The van der Waals surface area contributed by atoms with Gasteiger partial charge >= 0.3 is 6.18 Å². The van der Waals surface area contributed by atoms with Gasteiger partial charge in [0.05, 0.1) is 16.4 Å². The van der Waals surface area contributed by atoms with Gasteiger partial charge in [-0.05, 0) is 37.7 Å². The summed E-state index contributed by atoms with van der Waals surface area (Å²) in [5, 5.41) is 19.5. The molecule has 0 spiro atoms. The number of hydrogen-bond acceptors (Lipinski definition) is 7. The fourth-order valence-electron chi connectivity index (χ4n) is 2.85. The average Bonchev–Trinajstić information content (AvgIpc) is 2.68. The summed E-state index contributed by atoms with van der Waals surface area (Å²) in [5.74, 6) is 0.415. The number of rotatable bonds is 11. The first-order valence-corrected chi connectivity index (χ1v) is 11.9. The van der Waals surface area contributed by atoms with Crippen LogP contribution >= 0.6 is 11.8 Å². The minimum atomic E-state index is -4.33. The molecule has 0 heterocycles. The minimum Gasteiger partial charge on any atom is -0.376 e. The van der Waals surface area contributed by atoms with Crippen LogP contribution < -0.4 is 10.5 Å². The molecule has 0 bridgehead atoms. The van der Waals surface area contributed by atoms with Gasteiger partial charge in [0.15, 0.2) is 0 Å². The van der Waals surface area contributed by atoms with E-state index in [2.05, 4.69) is 5.32 Å². The van der Waals surface area contributed by atoms with Gasteiger partial charge in [0.25, 0.3) is 5.69 Å². The Labute approximate surface area is 188 Å². The van der Waals surface area contributed by atoms with Gasteiger partial charge in [-0.25, -0.2) is 13.6 Å². The third kappa shape index (κ3) is 8.65. The van der Waals surface area contributed by atoms with Crippen LogP contribution in [0.1, 0.15) is 6.42 Å². The summed E-state index contributed by atoms with van der Waals surface area (Å²) in [6.07, 6.45) is -4.07. The van der Waals surface area contributed by atoms with E-state index in [0.717, 1.165) is 21.9 Å². The summed E-state index contributed by atoms with van der Waals surface area (Å²) < 4.78 is 60.9. The van der Waals surface area contributed by atoms with Crippen LogP contribution in [0.15, 0.2) is 58.3 Å². The number of nitrogens with zero attached hydrogens (tertiary/aromatic N) is 2. The van der Waals surface area contributed by atoms with Gasteiger partial charge < -0.3 is 5.32 Å². The second-order valence-electron chi connectivity index (χ2n) is 7.09. The second-order valence-corrected chi connectivity index (χ2v) is 9.74. The quantitative estimate of drug-likeness (QED) is 0.279. The van der Waals surface area contributed by atoms with E-state index in [4.69, 9.17) is 5.14 Å². The van der Waals surface area contributed by atoms with Gasteiger partial charge in [0, 0.05) is 29.3 Å². The Kier molecular flexibility index (Phi) is 8.89. The van der Waals surface area contributed by atoms with Crippen molar-refractivity contribution in [2.45, 2.75) is 28.4 Å². The molecule has 0 unspecified atom stereocenters. The highest BCUT2D eigenvalue weighted by Crippen LogP contribution is 2.29. The predicted octanol–water partition coefficient (Wildman–Crippen LogP) is 3.70. The number of anilines is 1. The van der Waals surface area contributed by atoms with Gasteiger partial charge in [-0.2, -0.15) is 13.2 Å². The molecule has 2 aromatic rings. The van der Waals surface area contributed by atoms with Crippen molar-refractivity contribution in [2.75, 3.05) is 31.2 Å². The number of halogens is 3. The molecule has 1 atom stereocenters. The molecule has 2 rings (SSSR count). The number of primary sulfonamides is 1. The number of nitrogens with one attached hydrogen (secondary N) is 1. The molecule has 0 aliphatic rings. The van der Waals surface area contributed by atoms with Crippen molar-refractivity contribution in [3.05, 3.63) is 58.6 Å². The average molecular weight is 493 g/mol. The van der Waals surface area contributed by atoms with E-state index in [1.54, 1.807) is 0 Å². The summed E-state index contributed by atoms with van der Waals surface area (Å²) in [6, 6.07) is 12.1. The van der Waals surface area contributed by atoms with E-state index >= 15 is 0 Å². The first kappa shape index (κ1) is 25.9. The fourth-order valence-corrected chi connectivity index (χ4v) is 4.38. The largest absolute Gasteiger partial charge is 0.401 e. The lowest BCUT2D eigenvalue weighted by atomic mass is 10.2. The second kappa shape index (κ2) is 11.0. The Morgan fingerprint density at radius 3 is 2.44 bits per heavy atom. The lowest BCUT2D eigenvalue weighted by molar-refractivity contribution is -0.384. The topological polar surface area (TPSA) is 119 Å². The van der Waals surface area contributed by atoms with E-state index in [1.165, 1.54) is 24.9 Å². The van der Waals surface area contributed by atoms with Crippen molar-refractivity contribution in [3.8, 4) is 0 Å². The Morgan fingerprint density at radius 1 is 1.22 bits per heavy atom. The maximum absolute atomic E-state index is 12.6. The third-order valence-electron chi connectivity index (χ3n) is 4.36. The van der Waals surface area contributed by atoms with Crippen molar-refractivity contribution < 1.29 is 26.5 Å². The van der Waals surface area contributed by atoms with Crippen molar-refractivity contribution in [1.82, 2.24) is 4.90 Å². The standard InChI is InChI=1S/C19H23F3N4O4S2/c1-25(13-19(20,21)22)10-9-14(12-31-15-5-3-2-4-6-15)24-17-8-7-16(32(23,29)30)11-18(17)26(27)28/h2-8,11,14,24H,9-10,12-13H2,1H3,(H2,23,29,30)/t14-/m1/s1. The molecule has 0 aromatic heterocycles. The summed E-state index contributed by atoms with van der Waals surface area (Å²) in [7, 11) is -2.79. The molecule has 3 N–H and O–H groups in total. The van der Waals surface area contributed by atoms with Crippen molar-refractivity contribution >= 4 is 33.2 Å². The van der Waals surface area contributed by atoms with Crippen LogP contribution in [0, 0.1) is 10.1 Å². The monoisotopic (exact) mass is 492 g/mol. The maximum Gasteiger partial charge on any atom is 0.401 e. The smallest absolute Gasteiger partial charge is 0.376 e. The van der Waals surface area contributed by atoms with Gasteiger partial charge in [-0.3, -0.25) is 15.0 Å². The molecule has 32 heavy (non-hydrogen) atoms. The zero-order chi connectivity index (χ0) is 23.9. The van der Waals surface area contributed by atoms with Crippen molar-refractivity contribution in [3.63, 3.8) is 0 Å². The molecule has 0 saturated heterocycles. The highest BCUT2D eigenvalue weighted by atomic mass is 32.2. The molecule has 0 aliphatic heterocycles. The zero-order valence-corrected chi connectivity index (χ0v) is 18.7. The van der Waals surface area contributed by atoms with Gasteiger partial charge in [0.2, 0.25) is 10.0 Å². The van der Waals surface area contributed by atoms with Gasteiger partial charge in [-0.1, -0.05) is 18.2 Å². The van der Waals surface area contributed by atoms with E-state index in [1.807, 2.05) is 30.3 Å². The van der Waals surface area contributed by atoms with E-state index in [9.17, 15) is 31.7 Å². The zero-order valence-electron chi connectivity index (χ0n) is 17.1.